The van der Waals surface area contributed by atoms with E-state index in [0.29, 0.717) is 0 Å². The molecule has 0 unspecified atom stereocenters. The maximum Gasteiger partial charge on any atom is 0.229 e. The van der Waals surface area contributed by atoms with Gasteiger partial charge >= 0.3 is 0 Å². The SMILES string of the molecule is O=C1C[C@@H](c2ccc(O[C@@H]3O[C@H](CO)[C@@H](O)[C@H](O)[C@H]3O)cc2O)Oc2cc(O)cc(O)c21. The predicted octanol–water partition coefficient (Wildman–Crippen LogP) is -0.311. The van der Waals surface area contributed by atoms with Crippen LogP contribution in [0.4, 0.5) is 0 Å². The minimum absolute atomic E-state index is 0.0233. The Labute approximate surface area is 181 Å². The third kappa shape index (κ3) is 3.92. The third-order valence-electron chi connectivity index (χ3n) is 5.43. The summed E-state index contributed by atoms with van der Waals surface area (Å²) in [6, 6.07) is 6.22. The number of fused-ring (bicyclic) bond motifs is 1. The first-order valence-corrected chi connectivity index (χ1v) is 9.75. The molecule has 6 atom stereocenters. The molecule has 2 aromatic carbocycles. The number of rotatable bonds is 4. The molecule has 2 aromatic rings. The third-order valence-corrected chi connectivity index (χ3v) is 5.43. The largest absolute Gasteiger partial charge is 0.508 e. The van der Waals surface area contributed by atoms with Crippen molar-refractivity contribution in [1.29, 1.82) is 0 Å². The van der Waals surface area contributed by atoms with Crippen LogP contribution in [-0.2, 0) is 4.74 Å². The fourth-order valence-electron chi connectivity index (χ4n) is 3.77. The molecular weight excluding hydrogens is 428 g/mol. The first-order chi connectivity index (χ1) is 15.2. The van der Waals surface area contributed by atoms with Gasteiger partial charge in [-0.3, -0.25) is 4.79 Å². The summed E-state index contributed by atoms with van der Waals surface area (Å²) >= 11 is 0. The van der Waals surface area contributed by atoms with Crippen LogP contribution >= 0.6 is 0 Å². The molecule has 2 heterocycles. The molecule has 1 saturated heterocycles. The van der Waals surface area contributed by atoms with E-state index in [1.165, 1.54) is 24.3 Å². The van der Waals surface area contributed by atoms with Gasteiger partial charge in [0.05, 0.1) is 13.0 Å². The lowest BCUT2D eigenvalue weighted by Crippen LogP contribution is -2.60. The van der Waals surface area contributed by atoms with Crippen molar-refractivity contribution >= 4 is 5.78 Å². The summed E-state index contributed by atoms with van der Waals surface area (Å²) in [5.74, 6) is -1.43. The van der Waals surface area contributed by atoms with E-state index < -0.39 is 54.9 Å². The van der Waals surface area contributed by atoms with Crippen molar-refractivity contribution in [3.8, 4) is 28.7 Å². The highest BCUT2D eigenvalue weighted by molar-refractivity contribution is 6.02. The Hall–Kier alpha value is -3.09. The summed E-state index contributed by atoms with van der Waals surface area (Å²) in [6.45, 7) is -0.616. The number of ether oxygens (including phenoxy) is 3. The van der Waals surface area contributed by atoms with E-state index >= 15 is 0 Å². The summed E-state index contributed by atoms with van der Waals surface area (Å²) < 4.78 is 16.4. The number of carbonyl (C=O) groups excluding carboxylic acids is 1. The average Bonchev–Trinajstić information content (AvgIpc) is 2.73. The molecule has 2 aliphatic rings. The van der Waals surface area contributed by atoms with Gasteiger partial charge in [0.1, 0.15) is 64.8 Å². The van der Waals surface area contributed by atoms with E-state index in [0.717, 1.165) is 6.07 Å². The van der Waals surface area contributed by atoms with E-state index in [-0.39, 0.29) is 40.5 Å². The molecule has 11 heteroatoms. The van der Waals surface area contributed by atoms with E-state index in [4.69, 9.17) is 14.2 Å². The normalized spacial score (nSPS) is 29.8. The average molecular weight is 450 g/mol. The molecule has 0 bridgehead atoms. The summed E-state index contributed by atoms with van der Waals surface area (Å²) in [7, 11) is 0. The van der Waals surface area contributed by atoms with Gasteiger partial charge in [-0.05, 0) is 12.1 Å². The Bertz CT molecular complexity index is 1020. The van der Waals surface area contributed by atoms with Gasteiger partial charge in [-0.2, -0.15) is 0 Å². The van der Waals surface area contributed by atoms with Crippen molar-refractivity contribution in [3.05, 3.63) is 41.5 Å². The van der Waals surface area contributed by atoms with E-state index in [1.807, 2.05) is 0 Å². The highest BCUT2D eigenvalue weighted by Gasteiger charge is 2.44. The zero-order chi connectivity index (χ0) is 23.2. The number of benzene rings is 2. The van der Waals surface area contributed by atoms with Gasteiger partial charge in [-0.1, -0.05) is 0 Å². The van der Waals surface area contributed by atoms with Crippen LogP contribution in [0.1, 0.15) is 28.4 Å². The van der Waals surface area contributed by atoms with Crippen LogP contribution in [-0.4, -0.2) is 78.8 Å². The van der Waals surface area contributed by atoms with Gasteiger partial charge < -0.3 is 50.0 Å². The van der Waals surface area contributed by atoms with Crippen molar-refractivity contribution in [2.45, 2.75) is 43.2 Å². The molecule has 32 heavy (non-hydrogen) atoms. The Morgan fingerprint density at radius 2 is 1.72 bits per heavy atom. The van der Waals surface area contributed by atoms with Crippen LogP contribution in [0.5, 0.6) is 28.7 Å². The maximum atomic E-state index is 12.5. The zero-order valence-corrected chi connectivity index (χ0v) is 16.5. The molecule has 0 aromatic heterocycles. The van der Waals surface area contributed by atoms with Gasteiger partial charge in [0.25, 0.3) is 0 Å². The Morgan fingerprint density at radius 1 is 0.969 bits per heavy atom. The Balaban J connectivity index is 1.53. The maximum absolute atomic E-state index is 12.5. The van der Waals surface area contributed by atoms with Crippen molar-refractivity contribution in [2.24, 2.45) is 0 Å². The molecule has 0 amide bonds. The molecule has 0 spiro atoms. The minimum atomic E-state index is -1.62. The number of hydrogen-bond acceptors (Lipinski definition) is 11. The molecule has 172 valence electrons. The number of phenolic OH excluding ortho intramolecular Hbond substituents is 3. The Morgan fingerprint density at radius 3 is 2.41 bits per heavy atom. The standard InChI is InChI=1S/C21H22O11/c22-7-16-18(27)19(28)20(29)21(32-16)30-9-1-2-10(11(24)5-9)14-6-13(26)17-12(25)3-8(23)4-15(17)31-14/h1-5,14,16,18-25,27-29H,6-7H2/t14-,16+,18+,19-,20+,21+/m0/s1. The minimum Gasteiger partial charge on any atom is -0.508 e. The van der Waals surface area contributed by atoms with E-state index in [2.05, 4.69) is 0 Å². The van der Waals surface area contributed by atoms with Crippen molar-refractivity contribution in [3.63, 3.8) is 0 Å². The Kier molecular flexibility index (Phi) is 5.84. The van der Waals surface area contributed by atoms with Crippen LogP contribution < -0.4 is 9.47 Å². The number of aliphatic hydroxyl groups excluding tert-OH is 4. The molecule has 1 fully saturated rings. The van der Waals surface area contributed by atoms with Gasteiger partial charge in [0.2, 0.25) is 6.29 Å². The number of carbonyl (C=O) groups is 1. The van der Waals surface area contributed by atoms with Crippen LogP contribution in [0.25, 0.3) is 0 Å². The fraction of sp³-hybridized carbons (Fsp3) is 0.381. The number of aliphatic hydroxyl groups is 4. The zero-order valence-electron chi connectivity index (χ0n) is 16.5. The molecule has 2 aliphatic heterocycles. The molecule has 0 saturated carbocycles. The monoisotopic (exact) mass is 450 g/mol. The number of Topliss-reactive ketones (excluding diaryl/α,β-unsaturated/α-hetero) is 1. The molecule has 0 radical (unpaired) electrons. The quantitative estimate of drug-likeness (QED) is 0.324. The summed E-state index contributed by atoms with van der Waals surface area (Å²) in [6.07, 6.45) is -8.43. The summed E-state index contributed by atoms with van der Waals surface area (Å²) in [5.41, 5.74) is 0.175. The topological polar surface area (TPSA) is 186 Å². The second kappa shape index (κ2) is 8.45. The lowest BCUT2D eigenvalue weighted by molar-refractivity contribution is -0.277. The van der Waals surface area contributed by atoms with Crippen LogP contribution in [0.3, 0.4) is 0 Å². The smallest absolute Gasteiger partial charge is 0.229 e. The van der Waals surface area contributed by atoms with Gasteiger partial charge in [0, 0.05) is 23.8 Å². The summed E-state index contributed by atoms with van der Waals surface area (Å²) in [4.78, 5) is 12.5. The lowest BCUT2D eigenvalue weighted by atomic mass is 9.95. The van der Waals surface area contributed by atoms with E-state index in [1.54, 1.807) is 0 Å². The highest BCUT2D eigenvalue weighted by Crippen LogP contribution is 2.43. The van der Waals surface area contributed by atoms with Crippen molar-refractivity contribution in [2.75, 3.05) is 6.61 Å². The first kappa shape index (κ1) is 22.1. The second-order valence-corrected chi connectivity index (χ2v) is 7.61. The molecule has 0 aliphatic carbocycles. The first-order valence-electron chi connectivity index (χ1n) is 9.75. The van der Waals surface area contributed by atoms with Gasteiger partial charge in [-0.25, -0.2) is 0 Å². The van der Waals surface area contributed by atoms with Crippen LogP contribution in [0, 0.1) is 0 Å². The number of hydrogen-bond donors (Lipinski definition) is 7. The van der Waals surface area contributed by atoms with E-state index in [9.17, 15) is 40.5 Å². The highest BCUT2D eigenvalue weighted by atomic mass is 16.7. The van der Waals surface area contributed by atoms with Crippen molar-refractivity contribution < 1.29 is 54.8 Å². The van der Waals surface area contributed by atoms with Gasteiger partial charge in [-0.15, -0.1) is 0 Å². The molecule has 4 rings (SSSR count). The summed E-state index contributed by atoms with van der Waals surface area (Å²) in [5, 5.41) is 69.0. The van der Waals surface area contributed by atoms with Crippen LogP contribution in [0.2, 0.25) is 0 Å². The molecule has 7 N–H and O–H groups in total. The predicted molar refractivity (Wildman–Crippen MR) is 105 cm³/mol. The van der Waals surface area contributed by atoms with Gasteiger partial charge in [0.15, 0.2) is 5.78 Å². The number of aromatic hydroxyl groups is 3. The second-order valence-electron chi connectivity index (χ2n) is 7.61. The molecule has 11 nitrogen and oxygen atoms in total. The fourth-order valence-corrected chi connectivity index (χ4v) is 3.77. The number of ketones is 1. The number of phenols is 3. The molecular formula is C21H22O11. The van der Waals surface area contributed by atoms with Crippen LogP contribution in [0.15, 0.2) is 30.3 Å². The van der Waals surface area contributed by atoms with Crippen molar-refractivity contribution in [1.82, 2.24) is 0 Å². The lowest BCUT2D eigenvalue weighted by Gasteiger charge is -2.39.